The van der Waals surface area contributed by atoms with Crippen molar-refractivity contribution in [1.29, 1.82) is 0 Å². The Hall–Kier alpha value is -1.63. The summed E-state index contributed by atoms with van der Waals surface area (Å²) in [6, 6.07) is 0.354. The standard InChI is InChI=1S/C11H21N5O2/c1-3-6-12-8-10-15-16-11(18-10)14-7-5-9(17)13-4-2/h12H,3-8H2,1-2H3,(H,13,17)(H,14,16). The lowest BCUT2D eigenvalue weighted by molar-refractivity contribution is -0.120. The number of carbonyl (C=O) groups excluding carboxylic acids is 1. The molecule has 0 spiro atoms. The predicted octanol–water partition coefficient (Wildman–Crippen LogP) is 0.507. The third kappa shape index (κ3) is 5.62. The Kier molecular flexibility index (Phi) is 6.78. The van der Waals surface area contributed by atoms with E-state index >= 15 is 0 Å². The van der Waals surface area contributed by atoms with E-state index in [1.54, 1.807) is 0 Å². The van der Waals surface area contributed by atoms with E-state index in [2.05, 4.69) is 33.1 Å². The van der Waals surface area contributed by atoms with Gasteiger partial charge in [0.2, 0.25) is 11.8 Å². The highest BCUT2D eigenvalue weighted by atomic mass is 16.4. The zero-order valence-electron chi connectivity index (χ0n) is 11.0. The van der Waals surface area contributed by atoms with Crippen LogP contribution in [0.2, 0.25) is 0 Å². The SMILES string of the molecule is CCCNCc1nnc(NCCC(=O)NCC)o1. The maximum absolute atomic E-state index is 11.2. The van der Waals surface area contributed by atoms with Crippen molar-refractivity contribution in [2.45, 2.75) is 33.2 Å². The summed E-state index contributed by atoms with van der Waals surface area (Å²) in [5, 5.41) is 16.5. The molecule has 0 aromatic carbocycles. The highest BCUT2D eigenvalue weighted by Gasteiger charge is 2.05. The van der Waals surface area contributed by atoms with E-state index in [0.717, 1.165) is 13.0 Å². The zero-order chi connectivity index (χ0) is 13.2. The van der Waals surface area contributed by atoms with Crippen LogP contribution in [0, 0.1) is 0 Å². The summed E-state index contributed by atoms with van der Waals surface area (Å²) >= 11 is 0. The van der Waals surface area contributed by atoms with Gasteiger partial charge in [0.05, 0.1) is 6.54 Å². The number of rotatable bonds is 9. The second-order valence-corrected chi connectivity index (χ2v) is 3.81. The second-order valence-electron chi connectivity index (χ2n) is 3.81. The molecule has 7 heteroatoms. The summed E-state index contributed by atoms with van der Waals surface area (Å²) in [6.07, 6.45) is 1.45. The van der Waals surface area contributed by atoms with Crippen molar-refractivity contribution in [2.24, 2.45) is 0 Å². The largest absolute Gasteiger partial charge is 0.407 e. The average molecular weight is 255 g/mol. The topological polar surface area (TPSA) is 92.1 Å². The van der Waals surface area contributed by atoms with Crippen molar-refractivity contribution in [3.8, 4) is 0 Å². The fourth-order valence-electron chi connectivity index (χ4n) is 1.34. The summed E-state index contributed by atoms with van der Waals surface area (Å²) in [5.41, 5.74) is 0. The average Bonchev–Trinajstić information content (AvgIpc) is 2.78. The van der Waals surface area contributed by atoms with Gasteiger partial charge in [-0.05, 0) is 19.9 Å². The van der Waals surface area contributed by atoms with Gasteiger partial charge in [-0.1, -0.05) is 12.0 Å². The van der Waals surface area contributed by atoms with Crippen LogP contribution in [0.1, 0.15) is 32.6 Å². The number of hydrogen-bond donors (Lipinski definition) is 3. The first kappa shape index (κ1) is 14.4. The molecule has 1 rings (SSSR count). The Morgan fingerprint density at radius 3 is 2.83 bits per heavy atom. The molecular formula is C11H21N5O2. The molecule has 18 heavy (non-hydrogen) atoms. The number of anilines is 1. The molecule has 0 radical (unpaired) electrons. The van der Waals surface area contributed by atoms with Gasteiger partial charge in [-0.15, -0.1) is 5.10 Å². The minimum Gasteiger partial charge on any atom is -0.407 e. The molecule has 0 bridgehead atoms. The smallest absolute Gasteiger partial charge is 0.315 e. The Morgan fingerprint density at radius 1 is 1.28 bits per heavy atom. The normalized spacial score (nSPS) is 10.3. The Balaban J connectivity index is 2.20. The molecule has 0 unspecified atom stereocenters. The molecule has 1 heterocycles. The maximum Gasteiger partial charge on any atom is 0.315 e. The molecule has 1 aromatic heterocycles. The van der Waals surface area contributed by atoms with E-state index in [-0.39, 0.29) is 5.91 Å². The first-order valence-electron chi connectivity index (χ1n) is 6.30. The summed E-state index contributed by atoms with van der Waals surface area (Å²) in [7, 11) is 0. The highest BCUT2D eigenvalue weighted by Crippen LogP contribution is 2.04. The summed E-state index contributed by atoms with van der Waals surface area (Å²) in [5.74, 6) is 0.554. The van der Waals surface area contributed by atoms with Crippen molar-refractivity contribution in [3.63, 3.8) is 0 Å². The van der Waals surface area contributed by atoms with Crippen molar-refractivity contribution >= 4 is 11.9 Å². The second kappa shape index (κ2) is 8.46. The molecule has 0 fully saturated rings. The molecule has 0 saturated carbocycles. The number of amides is 1. The molecule has 1 aromatic rings. The van der Waals surface area contributed by atoms with Crippen LogP contribution in [0.4, 0.5) is 6.01 Å². The molecule has 0 atom stereocenters. The van der Waals surface area contributed by atoms with Gasteiger partial charge in [0.1, 0.15) is 0 Å². The van der Waals surface area contributed by atoms with E-state index in [0.29, 0.717) is 38.0 Å². The van der Waals surface area contributed by atoms with Crippen molar-refractivity contribution < 1.29 is 9.21 Å². The van der Waals surface area contributed by atoms with E-state index in [4.69, 9.17) is 4.42 Å². The molecule has 0 saturated heterocycles. The Labute approximate surface area is 107 Å². The van der Waals surface area contributed by atoms with Crippen LogP contribution in [-0.2, 0) is 11.3 Å². The van der Waals surface area contributed by atoms with E-state index < -0.39 is 0 Å². The molecule has 3 N–H and O–H groups in total. The quantitative estimate of drug-likeness (QED) is 0.557. The van der Waals surface area contributed by atoms with Gasteiger partial charge in [0, 0.05) is 19.5 Å². The number of hydrogen-bond acceptors (Lipinski definition) is 6. The van der Waals surface area contributed by atoms with Gasteiger partial charge in [-0.25, -0.2) is 0 Å². The van der Waals surface area contributed by atoms with E-state index in [1.165, 1.54) is 0 Å². The third-order valence-electron chi connectivity index (χ3n) is 2.17. The predicted molar refractivity (Wildman–Crippen MR) is 68.1 cm³/mol. The minimum absolute atomic E-state index is 0.00866. The first-order chi connectivity index (χ1) is 8.76. The number of nitrogens with zero attached hydrogens (tertiary/aromatic N) is 2. The fraction of sp³-hybridized carbons (Fsp3) is 0.727. The van der Waals surface area contributed by atoms with E-state index in [9.17, 15) is 4.79 Å². The van der Waals surface area contributed by atoms with Crippen molar-refractivity contribution in [1.82, 2.24) is 20.8 Å². The molecule has 0 aliphatic heterocycles. The number of nitrogens with one attached hydrogen (secondary N) is 3. The van der Waals surface area contributed by atoms with Crippen LogP contribution in [0.25, 0.3) is 0 Å². The fourth-order valence-corrected chi connectivity index (χ4v) is 1.34. The maximum atomic E-state index is 11.2. The lowest BCUT2D eigenvalue weighted by Gasteiger charge is -2.01. The van der Waals surface area contributed by atoms with Gasteiger partial charge >= 0.3 is 6.01 Å². The third-order valence-corrected chi connectivity index (χ3v) is 2.17. The molecule has 1 amide bonds. The lowest BCUT2D eigenvalue weighted by atomic mass is 10.4. The molecular weight excluding hydrogens is 234 g/mol. The van der Waals surface area contributed by atoms with Gasteiger partial charge < -0.3 is 20.4 Å². The van der Waals surface area contributed by atoms with Gasteiger partial charge in [0.15, 0.2) is 0 Å². The Bertz CT molecular complexity index is 353. The summed E-state index contributed by atoms with van der Waals surface area (Å²) < 4.78 is 5.34. The van der Waals surface area contributed by atoms with Crippen LogP contribution in [0.15, 0.2) is 4.42 Å². The minimum atomic E-state index is 0.00866. The van der Waals surface area contributed by atoms with Crippen LogP contribution in [0.3, 0.4) is 0 Å². The zero-order valence-corrected chi connectivity index (χ0v) is 11.0. The van der Waals surface area contributed by atoms with Crippen LogP contribution in [-0.4, -0.2) is 35.7 Å². The highest BCUT2D eigenvalue weighted by molar-refractivity contribution is 5.76. The van der Waals surface area contributed by atoms with Crippen LogP contribution >= 0.6 is 0 Å². The first-order valence-corrected chi connectivity index (χ1v) is 6.30. The molecule has 0 aliphatic carbocycles. The number of aromatic nitrogens is 2. The van der Waals surface area contributed by atoms with Crippen molar-refractivity contribution in [3.05, 3.63) is 5.89 Å². The van der Waals surface area contributed by atoms with Gasteiger partial charge in [-0.3, -0.25) is 4.79 Å². The van der Waals surface area contributed by atoms with Crippen molar-refractivity contribution in [2.75, 3.05) is 25.0 Å². The van der Waals surface area contributed by atoms with E-state index in [1.807, 2.05) is 6.92 Å². The van der Waals surface area contributed by atoms with Crippen LogP contribution in [0.5, 0.6) is 0 Å². The van der Waals surface area contributed by atoms with Crippen LogP contribution < -0.4 is 16.0 Å². The molecule has 0 aliphatic rings. The van der Waals surface area contributed by atoms with Gasteiger partial charge in [0.25, 0.3) is 0 Å². The van der Waals surface area contributed by atoms with Gasteiger partial charge in [-0.2, -0.15) is 0 Å². The molecule has 7 nitrogen and oxygen atoms in total. The summed E-state index contributed by atoms with van der Waals surface area (Å²) in [4.78, 5) is 11.2. The Morgan fingerprint density at radius 2 is 2.11 bits per heavy atom. The molecule has 102 valence electrons. The number of carbonyl (C=O) groups is 1. The summed E-state index contributed by atoms with van der Waals surface area (Å²) in [6.45, 7) is 6.59. The monoisotopic (exact) mass is 255 g/mol. The lowest BCUT2D eigenvalue weighted by Crippen LogP contribution is -2.24.